The highest BCUT2D eigenvalue weighted by Crippen LogP contribution is 2.27. The van der Waals surface area contributed by atoms with Gasteiger partial charge in [0, 0.05) is 44.0 Å². The van der Waals surface area contributed by atoms with Crippen molar-refractivity contribution in [1.29, 1.82) is 0 Å². The summed E-state index contributed by atoms with van der Waals surface area (Å²) in [5.74, 6) is 0.302. The smallest absolute Gasteiger partial charge is 0.261 e. The minimum Gasteiger partial charge on any atom is -0.491 e. The molecule has 3 rings (SSSR count). The van der Waals surface area contributed by atoms with E-state index in [1.54, 1.807) is 31.2 Å². The molecule has 0 aromatic heterocycles. The number of amides is 1. The molecule has 1 amide bonds. The van der Waals surface area contributed by atoms with Crippen LogP contribution in [0.15, 0.2) is 47.4 Å². The molecule has 0 radical (unpaired) electrons. The second-order valence-corrected chi connectivity index (χ2v) is 10.9. The third kappa shape index (κ3) is 6.21. The predicted molar refractivity (Wildman–Crippen MR) is 133 cm³/mol. The first-order valence-electron chi connectivity index (χ1n) is 11.1. The summed E-state index contributed by atoms with van der Waals surface area (Å²) >= 11 is 5.87. The summed E-state index contributed by atoms with van der Waals surface area (Å²) in [6.45, 7) is 5.71. The van der Waals surface area contributed by atoms with E-state index < -0.39 is 10.0 Å². The van der Waals surface area contributed by atoms with Crippen LogP contribution in [0.25, 0.3) is 0 Å². The molecule has 0 fully saturated rings. The van der Waals surface area contributed by atoms with E-state index in [0.29, 0.717) is 23.9 Å². The van der Waals surface area contributed by atoms with Crippen molar-refractivity contribution in [1.82, 2.24) is 9.80 Å². The Morgan fingerprint density at radius 3 is 2.41 bits per heavy atom. The van der Waals surface area contributed by atoms with E-state index in [2.05, 4.69) is 23.5 Å². The molecule has 3 atom stereocenters. The Bertz CT molecular complexity index is 1110. The average Bonchev–Trinajstić information content (AvgIpc) is 2.80. The number of benzene rings is 2. The fraction of sp³-hybridized carbons (Fsp3) is 0.458. The summed E-state index contributed by atoms with van der Waals surface area (Å²) in [7, 11) is 1.52. The molecule has 186 valence electrons. The monoisotopic (exact) mass is 509 g/mol. The molecule has 0 spiro atoms. The number of sulfonamides is 1. The molecule has 1 aliphatic heterocycles. The van der Waals surface area contributed by atoms with Crippen LogP contribution in [-0.2, 0) is 14.8 Å². The third-order valence-corrected chi connectivity index (χ3v) is 7.78. The van der Waals surface area contributed by atoms with Gasteiger partial charge in [-0.1, -0.05) is 18.5 Å². The van der Waals surface area contributed by atoms with Gasteiger partial charge in [-0.15, -0.1) is 0 Å². The number of nitrogens with one attached hydrogen (secondary N) is 1. The SMILES string of the molecule is CO[C@@H]1CN(C)C(=O)c2cc(NS(=O)(=O)c3ccc(Cl)cc3)ccc2OC[C@@H](C)N(C)C[C@@H]1C. The van der Waals surface area contributed by atoms with E-state index in [1.807, 2.05) is 7.05 Å². The lowest BCUT2D eigenvalue weighted by Crippen LogP contribution is -2.45. The van der Waals surface area contributed by atoms with Crippen LogP contribution in [0.4, 0.5) is 5.69 Å². The normalized spacial score (nSPS) is 22.8. The Labute approximate surface area is 206 Å². The third-order valence-electron chi connectivity index (χ3n) is 6.13. The second kappa shape index (κ2) is 10.9. The maximum absolute atomic E-state index is 13.4. The van der Waals surface area contributed by atoms with Gasteiger partial charge in [0.1, 0.15) is 12.4 Å². The molecule has 34 heavy (non-hydrogen) atoms. The first-order valence-corrected chi connectivity index (χ1v) is 12.9. The number of fused-ring (bicyclic) bond motifs is 1. The van der Waals surface area contributed by atoms with Gasteiger partial charge in [-0.2, -0.15) is 0 Å². The zero-order valence-corrected chi connectivity index (χ0v) is 21.7. The van der Waals surface area contributed by atoms with Crippen LogP contribution in [0, 0.1) is 5.92 Å². The quantitative estimate of drug-likeness (QED) is 0.677. The number of anilines is 1. The zero-order valence-electron chi connectivity index (χ0n) is 20.1. The van der Waals surface area contributed by atoms with Crippen molar-refractivity contribution in [2.45, 2.75) is 30.9 Å². The summed E-state index contributed by atoms with van der Waals surface area (Å²) in [6, 6.07) is 10.7. The van der Waals surface area contributed by atoms with Crippen LogP contribution >= 0.6 is 11.6 Å². The predicted octanol–water partition coefficient (Wildman–Crippen LogP) is 3.58. The summed E-state index contributed by atoms with van der Waals surface area (Å²) in [5, 5.41) is 0.438. The van der Waals surface area contributed by atoms with E-state index in [0.717, 1.165) is 6.54 Å². The minimum atomic E-state index is -3.86. The summed E-state index contributed by atoms with van der Waals surface area (Å²) in [6.07, 6.45) is -0.154. The van der Waals surface area contributed by atoms with Crippen LogP contribution in [0.2, 0.25) is 5.02 Å². The maximum atomic E-state index is 13.4. The summed E-state index contributed by atoms with van der Waals surface area (Å²) < 4.78 is 39.9. The van der Waals surface area contributed by atoms with Gasteiger partial charge in [0.15, 0.2) is 0 Å². The standard InChI is InChI=1S/C24H32ClN3O5S/c1-16-13-27(3)17(2)15-33-22-11-8-19(12-21(22)24(29)28(4)14-23(16)32-5)26-34(30,31)20-9-6-18(25)7-10-20/h6-12,16-17,23,26H,13-15H2,1-5H3/t16-,17+,23+/m0/s1. The average molecular weight is 510 g/mol. The molecular weight excluding hydrogens is 478 g/mol. The van der Waals surface area contributed by atoms with Crippen molar-refractivity contribution in [2.75, 3.05) is 45.6 Å². The molecule has 8 nitrogen and oxygen atoms in total. The number of hydrogen-bond acceptors (Lipinski definition) is 6. The van der Waals surface area contributed by atoms with Crippen LogP contribution in [-0.4, -0.2) is 77.2 Å². The van der Waals surface area contributed by atoms with E-state index in [1.165, 1.54) is 30.3 Å². The van der Waals surface area contributed by atoms with Gasteiger partial charge in [0.2, 0.25) is 0 Å². The van der Waals surface area contributed by atoms with Gasteiger partial charge >= 0.3 is 0 Å². The number of nitrogens with zero attached hydrogens (tertiary/aromatic N) is 2. The van der Waals surface area contributed by atoms with Crippen LogP contribution in [0.5, 0.6) is 5.75 Å². The van der Waals surface area contributed by atoms with Crippen LogP contribution in [0.3, 0.4) is 0 Å². The number of ether oxygens (including phenoxy) is 2. The lowest BCUT2D eigenvalue weighted by Gasteiger charge is -2.34. The van der Waals surface area contributed by atoms with Crippen molar-refractivity contribution >= 4 is 33.2 Å². The molecule has 1 heterocycles. The Balaban J connectivity index is 1.95. The van der Waals surface area contributed by atoms with E-state index in [-0.39, 0.29) is 40.1 Å². The molecule has 0 bridgehead atoms. The Morgan fingerprint density at radius 1 is 1.09 bits per heavy atom. The van der Waals surface area contributed by atoms with E-state index >= 15 is 0 Å². The molecule has 0 unspecified atom stereocenters. The van der Waals surface area contributed by atoms with Crippen molar-refractivity contribution in [3.05, 3.63) is 53.1 Å². The maximum Gasteiger partial charge on any atom is 0.261 e. The van der Waals surface area contributed by atoms with Crippen LogP contribution < -0.4 is 9.46 Å². The number of carbonyl (C=O) groups is 1. The van der Waals surface area contributed by atoms with Gasteiger partial charge in [0.05, 0.1) is 16.6 Å². The first kappa shape index (κ1) is 26.3. The number of rotatable bonds is 4. The fourth-order valence-electron chi connectivity index (χ4n) is 3.85. The molecule has 1 N–H and O–H groups in total. The summed E-state index contributed by atoms with van der Waals surface area (Å²) in [5.41, 5.74) is 0.532. The highest BCUT2D eigenvalue weighted by molar-refractivity contribution is 7.92. The van der Waals surface area contributed by atoms with Gasteiger partial charge < -0.3 is 14.4 Å². The largest absolute Gasteiger partial charge is 0.491 e. The molecule has 1 aliphatic rings. The Morgan fingerprint density at radius 2 is 1.76 bits per heavy atom. The first-order chi connectivity index (χ1) is 16.0. The highest BCUT2D eigenvalue weighted by Gasteiger charge is 2.27. The molecule has 0 saturated carbocycles. The topological polar surface area (TPSA) is 88.2 Å². The van der Waals surface area contributed by atoms with Crippen molar-refractivity contribution < 1.29 is 22.7 Å². The molecular formula is C24H32ClN3O5S. The Kier molecular flexibility index (Phi) is 8.46. The highest BCUT2D eigenvalue weighted by atomic mass is 35.5. The van der Waals surface area contributed by atoms with Gasteiger partial charge in [0.25, 0.3) is 15.9 Å². The number of methoxy groups -OCH3 is 1. The number of likely N-dealkylation sites (N-methyl/N-ethyl adjacent to an activating group) is 2. The number of hydrogen-bond donors (Lipinski definition) is 1. The molecule has 0 saturated heterocycles. The van der Waals surface area contributed by atoms with Gasteiger partial charge in [-0.25, -0.2) is 8.42 Å². The fourth-order valence-corrected chi connectivity index (χ4v) is 5.02. The lowest BCUT2D eigenvalue weighted by atomic mass is 10.0. The van der Waals surface area contributed by atoms with Crippen molar-refractivity contribution in [3.63, 3.8) is 0 Å². The van der Waals surface area contributed by atoms with Gasteiger partial charge in [-0.3, -0.25) is 14.4 Å². The van der Waals surface area contributed by atoms with Gasteiger partial charge in [-0.05, 0) is 62.4 Å². The van der Waals surface area contributed by atoms with E-state index in [4.69, 9.17) is 21.1 Å². The molecule has 10 heteroatoms. The van der Waals surface area contributed by atoms with Crippen LogP contribution in [0.1, 0.15) is 24.2 Å². The lowest BCUT2D eigenvalue weighted by molar-refractivity contribution is 0.0150. The molecule has 2 aromatic rings. The van der Waals surface area contributed by atoms with Crippen molar-refractivity contribution in [2.24, 2.45) is 5.92 Å². The van der Waals surface area contributed by atoms with E-state index in [9.17, 15) is 13.2 Å². The minimum absolute atomic E-state index is 0.0677. The zero-order chi connectivity index (χ0) is 25.0. The number of halogens is 1. The second-order valence-electron chi connectivity index (χ2n) is 8.81. The molecule has 0 aliphatic carbocycles. The molecule has 2 aromatic carbocycles. The Hall–Kier alpha value is -2.33. The number of carbonyl (C=O) groups excluding carboxylic acids is 1. The van der Waals surface area contributed by atoms with Crippen molar-refractivity contribution in [3.8, 4) is 5.75 Å². The summed E-state index contributed by atoms with van der Waals surface area (Å²) in [4.78, 5) is 17.2.